The number of allylic oxidation sites excluding steroid dienone is 2. The van der Waals surface area contributed by atoms with Gasteiger partial charge in [-0.1, -0.05) is 29.3 Å². The van der Waals surface area contributed by atoms with E-state index in [1.807, 2.05) is 6.07 Å². The Hall–Kier alpha value is -1.08. The highest BCUT2D eigenvalue weighted by Crippen LogP contribution is 2.58. The molecule has 1 nitrogen and oxygen atoms in total. The van der Waals surface area contributed by atoms with Crippen molar-refractivity contribution in [1.29, 1.82) is 0 Å². The number of benzene rings is 1. The lowest BCUT2D eigenvalue weighted by Gasteiger charge is -2.40. The van der Waals surface area contributed by atoms with Crippen molar-refractivity contribution in [2.75, 3.05) is 0 Å². The van der Waals surface area contributed by atoms with Gasteiger partial charge >= 0.3 is 0 Å². The Morgan fingerprint density at radius 1 is 1.28 bits per heavy atom. The number of hydrogen-bond acceptors (Lipinski definition) is 1. The molecule has 92 valence electrons. The number of hydrogen-bond donors (Lipinski definition) is 0. The number of halogens is 1. The van der Waals surface area contributed by atoms with Crippen LogP contribution in [0.4, 0.5) is 0 Å². The topological polar surface area (TPSA) is 17.1 Å². The van der Waals surface area contributed by atoms with Gasteiger partial charge in [0.2, 0.25) is 0 Å². The van der Waals surface area contributed by atoms with E-state index in [9.17, 15) is 4.79 Å². The fraction of sp³-hybridized carbons (Fsp3) is 0.438. The van der Waals surface area contributed by atoms with E-state index in [0.29, 0.717) is 18.1 Å². The molecule has 1 aromatic carbocycles. The normalized spacial score (nSPS) is 32.8. The standard InChI is InChI=1S/C16H15ClO/c17-13-4-2-11-6-14(18)9-16(15(11)7-13)8-10-1-3-12(16)5-10/h1-2,4,7,12H,3,5-6,8-9H2. The molecule has 0 N–H and O–H groups in total. The lowest BCUT2D eigenvalue weighted by atomic mass is 9.62. The summed E-state index contributed by atoms with van der Waals surface area (Å²) in [5.74, 6) is 1.03. The van der Waals surface area contributed by atoms with Gasteiger partial charge in [-0.15, -0.1) is 0 Å². The number of carbonyl (C=O) groups excluding carboxylic acids is 1. The quantitative estimate of drug-likeness (QED) is 0.647. The van der Waals surface area contributed by atoms with Crippen molar-refractivity contribution in [3.8, 4) is 0 Å². The largest absolute Gasteiger partial charge is 0.299 e. The Labute approximate surface area is 112 Å². The zero-order valence-corrected chi connectivity index (χ0v) is 11.0. The van der Waals surface area contributed by atoms with Crippen molar-refractivity contribution in [1.82, 2.24) is 0 Å². The van der Waals surface area contributed by atoms with Gasteiger partial charge in [0.25, 0.3) is 0 Å². The maximum atomic E-state index is 12.1. The molecule has 1 fully saturated rings. The first-order chi connectivity index (χ1) is 8.67. The highest BCUT2D eigenvalue weighted by molar-refractivity contribution is 6.30. The molecule has 0 heterocycles. The van der Waals surface area contributed by atoms with E-state index in [1.165, 1.54) is 17.5 Å². The highest BCUT2D eigenvalue weighted by atomic mass is 35.5. The minimum Gasteiger partial charge on any atom is -0.299 e. The third-order valence-electron chi connectivity index (χ3n) is 5.03. The molecule has 0 radical (unpaired) electrons. The van der Waals surface area contributed by atoms with Crippen LogP contribution in [0.2, 0.25) is 5.02 Å². The molecule has 0 aliphatic heterocycles. The van der Waals surface area contributed by atoms with Gasteiger partial charge in [0, 0.05) is 23.3 Å². The first kappa shape index (κ1) is 10.8. The van der Waals surface area contributed by atoms with Gasteiger partial charge in [0.1, 0.15) is 5.78 Å². The summed E-state index contributed by atoms with van der Waals surface area (Å²) in [5.41, 5.74) is 4.21. The average molecular weight is 259 g/mol. The Morgan fingerprint density at radius 3 is 2.89 bits per heavy atom. The monoisotopic (exact) mass is 258 g/mol. The van der Waals surface area contributed by atoms with Crippen LogP contribution in [-0.2, 0) is 16.6 Å². The second-order valence-electron chi connectivity index (χ2n) is 6.03. The SMILES string of the molecule is O=C1Cc2ccc(Cl)cc2C2(C1)CC1=CCC2C1. The van der Waals surface area contributed by atoms with Crippen molar-refractivity contribution in [3.05, 3.63) is 46.0 Å². The number of ketones is 1. The van der Waals surface area contributed by atoms with E-state index < -0.39 is 0 Å². The second kappa shape index (κ2) is 3.48. The van der Waals surface area contributed by atoms with Gasteiger partial charge in [-0.2, -0.15) is 0 Å². The van der Waals surface area contributed by atoms with Crippen molar-refractivity contribution >= 4 is 17.4 Å². The zero-order chi connectivity index (χ0) is 12.3. The summed E-state index contributed by atoms with van der Waals surface area (Å²) in [6, 6.07) is 6.08. The van der Waals surface area contributed by atoms with E-state index in [-0.39, 0.29) is 5.41 Å². The summed E-state index contributed by atoms with van der Waals surface area (Å²) >= 11 is 6.18. The molecule has 2 bridgehead atoms. The second-order valence-corrected chi connectivity index (χ2v) is 6.46. The molecule has 2 atom stereocenters. The minimum absolute atomic E-state index is 0.0830. The maximum absolute atomic E-state index is 12.1. The van der Waals surface area contributed by atoms with Crippen LogP contribution in [0.3, 0.4) is 0 Å². The maximum Gasteiger partial charge on any atom is 0.138 e. The smallest absolute Gasteiger partial charge is 0.138 e. The molecule has 1 saturated carbocycles. The van der Waals surface area contributed by atoms with Gasteiger partial charge in [0.05, 0.1) is 0 Å². The molecular formula is C16H15ClO. The molecule has 18 heavy (non-hydrogen) atoms. The highest BCUT2D eigenvalue weighted by Gasteiger charge is 2.51. The van der Waals surface area contributed by atoms with Crippen LogP contribution >= 0.6 is 11.6 Å². The predicted octanol–water partition coefficient (Wildman–Crippen LogP) is 3.83. The van der Waals surface area contributed by atoms with Crippen molar-refractivity contribution < 1.29 is 4.79 Å². The van der Waals surface area contributed by atoms with E-state index in [1.54, 1.807) is 5.57 Å². The van der Waals surface area contributed by atoms with Gasteiger partial charge in [0.15, 0.2) is 0 Å². The third kappa shape index (κ3) is 1.31. The molecule has 1 aromatic rings. The zero-order valence-electron chi connectivity index (χ0n) is 10.2. The van der Waals surface area contributed by atoms with Crippen LogP contribution in [0.5, 0.6) is 0 Å². The lowest BCUT2D eigenvalue weighted by Crippen LogP contribution is -2.39. The predicted molar refractivity (Wildman–Crippen MR) is 71.9 cm³/mol. The van der Waals surface area contributed by atoms with E-state index in [2.05, 4.69) is 18.2 Å². The molecule has 3 aliphatic carbocycles. The van der Waals surface area contributed by atoms with Crippen LogP contribution < -0.4 is 0 Å². The van der Waals surface area contributed by atoms with Gasteiger partial charge < -0.3 is 0 Å². The summed E-state index contributed by atoms with van der Waals surface area (Å²) in [6.07, 6.45) is 7.12. The Kier molecular flexibility index (Phi) is 2.09. The summed E-state index contributed by atoms with van der Waals surface area (Å²) < 4.78 is 0. The van der Waals surface area contributed by atoms with Gasteiger partial charge in [-0.3, -0.25) is 4.79 Å². The molecule has 4 rings (SSSR count). The lowest BCUT2D eigenvalue weighted by molar-refractivity contribution is -0.120. The Balaban J connectivity index is 1.93. The summed E-state index contributed by atoms with van der Waals surface area (Å²) in [4.78, 5) is 12.1. The van der Waals surface area contributed by atoms with E-state index in [0.717, 1.165) is 24.3 Å². The van der Waals surface area contributed by atoms with Crippen molar-refractivity contribution in [2.24, 2.45) is 5.92 Å². The Bertz CT molecular complexity index is 587. The van der Waals surface area contributed by atoms with Gasteiger partial charge in [-0.05, 0) is 48.4 Å². The molecule has 1 spiro atoms. The summed E-state index contributed by atoms with van der Waals surface area (Å²) in [6.45, 7) is 0. The van der Waals surface area contributed by atoms with Gasteiger partial charge in [-0.25, -0.2) is 0 Å². The van der Waals surface area contributed by atoms with Crippen molar-refractivity contribution in [3.63, 3.8) is 0 Å². The number of Topliss-reactive ketones (excluding diaryl/α,β-unsaturated/α-hetero) is 1. The third-order valence-corrected chi connectivity index (χ3v) is 5.27. The van der Waals surface area contributed by atoms with Crippen LogP contribution in [-0.4, -0.2) is 5.78 Å². The Morgan fingerprint density at radius 2 is 2.17 bits per heavy atom. The molecular weight excluding hydrogens is 244 g/mol. The first-order valence-electron chi connectivity index (χ1n) is 6.66. The molecule has 0 amide bonds. The molecule has 0 aromatic heterocycles. The van der Waals surface area contributed by atoms with Crippen LogP contribution in [0.25, 0.3) is 0 Å². The van der Waals surface area contributed by atoms with Crippen molar-refractivity contribution in [2.45, 2.75) is 37.5 Å². The average Bonchev–Trinajstić information content (AvgIpc) is 2.91. The summed E-state index contributed by atoms with van der Waals surface area (Å²) in [7, 11) is 0. The van der Waals surface area contributed by atoms with Crippen LogP contribution in [0, 0.1) is 5.92 Å². The number of fused-ring (bicyclic) bond motifs is 5. The fourth-order valence-corrected chi connectivity index (χ4v) is 4.49. The minimum atomic E-state index is 0.0830. The molecule has 3 aliphatic rings. The van der Waals surface area contributed by atoms with E-state index >= 15 is 0 Å². The van der Waals surface area contributed by atoms with Crippen LogP contribution in [0.1, 0.15) is 36.8 Å². The van der Waals surface area contributed by atoms with E-state index in [4.69, 9.17) is 11.6 Å². The van der Waals surface area contributed by atoms with Crippen LogP contribution in [0.15, 0.2) is 29.8 Å². The molecule has 2 heteroatoms. The first-order valence-corrected chi connectivity index (χ1v) is 7.04. The summed E-state index contributed by atoms with van der Waals surface area (Å²) in [5, 5.41) is 0.805. The number of carbonyl (C=O) groups is 1. The number of rotatable bonds is 0. The molecule has 0 saturated heterocycles. The molecule has 2 unspecified atom stereocenters. The fourth-order valence-electron chi connectivity index (χ4n) is 4.32.